The van der Waals surface area contributed by atoms with Crippen LogP contribution in [-0.2, 0) is 0 Å². The minimum atomic E-state index is -2.78. The second-order valence-electron chi connectivity index (χ2n) is 8.57. The zero-order valence-corrected chi connectivity index (χ0v) is 21.9. The summed E-state index contributed by atoms with van der Waals surface area (Å²) in [6.45, 7) is 7.04. The van der Waals surface area contributed by atoms with Crippen LogP contribution in [-0.4, -0.2) is 45.9 Å². The highest BCUT2D eigenvalue weighted by atomic mass is 19.3. The van der Waals surface area contributed by atoms with Crippen LogP contribution in [0.1, 0.15) is 54.5 Å². The molecule has 0 radical (unpaired) electrons. The number of aromatic carboxylic acids is 1. The number of carbonyl (C=O) groups is 1. The van der Waals surface area contributed by atoms with Crippen molar-refractivity contribution in [3.05, 3.63) is 76.9 Å². The molecule has 200 valence electrons. The summed E-state index contributed by atoms with van der Waals surface area (Å²) in [5.74, 6) is 0.551. The zero-order chi connectivity index (χ0) is 28.0. The number of nitrogens with one attached hydrogen (secondary N) is 1. The number of pyridine rings is 1. The molecular weight excluding hydrogens is 496 g/mol. The van der Waals surface area contributed by atoms with E-state index in [0.717, 1.165) is 5.57 Å². The number of nitrogens with zero attached hydrogens (tertiary/aromatic N) is 4. The number of amidine groups is 1. The van der Waals surface area contributed by atoms with E-state index >= 15 is 0 Å². The van der Waals surface area contributed by atoms with Crippen LogP contribution in [0.25, 0.3) is 11.4 Å². The van der Waals surface area contributed by atoms with Gasteiger partial charge in [-0.1, -0.05) is 11.6 Å². The molecule has 0 amide bonds. The van der Waals surface area contributed by atoms with Gasteiger partial charge >= 0.3 is 5.97 Å². The Morgan fingerprint density at radius 1 is 1.05 bits per heavy atom. The molecule has 0 aliphatic rings. The first kappa shape index (κ1) is 28.0. The molecule has 0 unspecified atom stereocenters. The molecule has 0 aliphatic carbocycles. The number of hydrogen-bond donors (Lipinski definition) is 2. The van der Waals surface area contributed by atoms with Gasteiger partial charge in [0.15, 0.2) is 5.82 Å². The molecule has 0 spiro atoms. The van der Waals surface area contributed by atoms with Gasteiger partial charge in [-0.25, -0.2) is 23.2 Å². The predicted octanol–water partition coefficient (Wildman–Crippen LogP) is 6.06. The number of carboxylic acids is 1. The maximum Gasteiger partial charge on any atom is 0.337 e. The number of hydrogen-bond acceptors (Lipinski definition) is 6. The molecule has 2 heterocycles. The van der Waals surface area contributed by atoms with E-state index in [-0.39, 0.29) is 11.4 Å². The fraction of sp³-hybridized carbons (Fsp3) is 0.259. The number of halogens is 2. The van der Waals surface area contributed by atoms with Gasteiger partial charge in [-0.05, 0) is 39.8 Å². The Morgan fingerprint density at radius 3 is 2.21 bits per heavy atom. The summed E-state index contributed by atoms with van der Waals surface area (Å²) in [5.41, 5.74) is 2.31. The van der Waals surface area contributed by atoms with Crippen LogP contribution in [0.3, 0.4) is 0 Å². The van der Waals surface area contributed by atoms with E-state index in [2.05, 4.69) is 15.4 Å². The van der Waals surface area contributed by atoms with Crippen LogP contribution in [0, 0.1) is 6.92 Å². The first-order chi connectivity index (χ1) is 18.0. The van der Waals surface area contributed by atoms with Crippen molar-refractivity contribution in [2.75, 3.05) is 19.5 Å². The van der Waals surface area contributed by atoms with Crippen LogP contribution >= 0.6 is 0 Å². The van der Waals surface area contributed by atoms with Gasteiger partial charge in [0, 0.05) is 53.1 Å². The quantitative estimate of drug-likeness (QED) is 0.198. The summed E-state index contributed by atoms with van der Waals surface area (Å²) >= 11 is 0. The summed E-state index contributed by atoms with van der Waals surface area (Å²) in [6, 6.07) is 7.94. The van der Waals surface area contributed by atoms with Crippen molar-refractivity contribution in [2.24, 2.45) is 4.99 Å². The highest BCUT2D eigenvalue weighted by molar-refractivity contribution is 6.00. The third kappa shape index (κ3) is 6.81. The smallest absolute Gasteiger partial charge is 0.337 e. The topological polar surface area (TPSA) is 111 Å². The van der Waals surface area contributed by atoms with Gasteiger partial charge < -0.3 is 19.9 Å². The number of aliphatic imine (C=N–C) groups is 1. The third-order valence-electron chi connectivity index (χ3n) is 5.25. The van der Waals surface area contributed by atoms with Gasteiger partial charge in [0.25, 0.3) is 6.43 Å². The lowest BCUT2D eigenvalue weighted by Gasteiger charge is -2.15. The SMILES string of the molecule is COc1cc(N/C(C)=N/C(=C(\C=C(C)C)c2cncc(C(=O)O)c2)n2nc(C(F)F)cc2C)cc(OC)c1. The van der Waals surface area contributed by atoms with Crippen LogP contribution in [0.5, 0.6) is 11.5 Å². The van der Waals surface area contributed by atoms with Crippen molar-refractivity contribution >= 4 is 28.9 Å². The minimum absolute atomic E-state index is 0.0331. The van der Waals surface area contributed by atoms with Gasteiger partial charge in [-0.15, -0.1) is 0 Å². The van der Waals surface area contributed by atoms with Crippen molar-refractivity contribution in [3.8, 4) is 11.5 Å². The standard InChI is InChI=1S/C27H29F2N5O4/c1-15(2)7-23(18-9-19(27(35)36)14-30-13-18)26(34-16(3)8-24(33-34)25(28)29)32-17(4)31-20-10-21(37-5)12-22(11-20)38-6/h7-14,25H,1-6H3,(H,31,32)(H,35,36)/b26-23-. The van der Waals surface area contributed by atoms with E-state index in [1.54, 1.807) is 38.1 Å². The van der Waals surface area contributed by atoms with E-state index in [9.17, 15) is 18.7 Å². The molecule has 11 heteroatoms. The van der Waals surface area contributed by atoms with Crippen molar-refractivity contribution in [1.29, 1.82) is 0 Å². The summed E-state index contributed by atoms with van der Waals surface area (Å²) < 4.78 is 39.0. The highest BCUT2D eigenvalue weighted by Crippen LogP contribution is 2.30. The van der Waals surface area contributed by atoms with E-state index in [1.807, 2.05) is 13.8 Å². The molecule has 0 atom stereocenters. The van der Waals surface area contributed by atoms with Crippen LogP contribution < -0.4 is 14.8 Å². The van der Waals surface area contributed by atoms with Gasteiger partial charge in [0.2, 0.25) is 0 Å². The average Bonchev–Trinajstić information content (AvgIpc) is 3.27. The third-order valence-corrected chi connectivity index (χ3v) is 5.25. The highest BCUT2D eigenvalue weighted by Gasteiger charge is 2.19. The summed E-state index contributed by atoms with van der Waals surface area (Å²) in [4.78, 5) is 20.4. The van der Waals surface area contributed by atoms with Crippen molar-refractivity contribution in [3.63, 3.8) is 0 Å². The summed E-state index contributed by atoms with van der Waals surface area (Å²) in [6.07, 6.45) is 1.70. The second-order valence-corrected chi connectivity index (χ2v) is 8.57. The number of methoxy groups -OCH3 is 2. The van der Waals surface area contributed by atoms with Crippen molar-refractivity contribution in [1.82, 2.24) is 14.8 Å². The second kappa shape index (κ2) is 12.1. The molecule has 38 heavy (non-hydrogen) atoms. The number of allylic oxidation sites excluding steroid dienone is 3. The molecule has 3 rings (SSSR count). The van der Waals surface area contributed by atoms with E-state index in [4.69, 9.17) is 14.5 Å². The fourth-order valence-electron chi connectivity index (χ4n) is 3.59. The number of benzene rings is 1. The Labute approximate surface area is 219 Å². The molecule has 2 N–H and O–H groups in total. The predicted molar refractivity (Wildman–Crippen MR) is 142 cm³/mol. The lowest BCUT2D eigenvalue weighted by atomic mass is 10.0. The van der Waals surface area contributed by atoms with Crippen LogP contribution in [0.2, 0.25) is 0 Å². The normalized spacial score (nSPS) is 12.2. The fourth-order valence-corrected chi connectivity index (χ4v) is 3.59. The Hall–Kier alpha value is -4.54. The first-order valence-corrected chi connectivity index (χ1v) is 11.5. The van der Waals surface area contributed by atoms with Gasteiger partial charge in [0.1, 0.15) is 23.0 Å². The lowest BCUT2D eigenvalue weighted by Crippen LogP contribution is -2.12. The summed E-state index contributed by atoms with van der Waals surface area (Å²) in [5, 5.41) is 16.8. The maximum absolute atomic E-state index is 13.5. The molecular formula is C27H29F2N5O4. The largest absolute Gasteiger partial charge is 0.497 e. The lowest BCUT2D eigenvalue weighted by molar-refractivity contribution is 0.0696. The number of rotatable bonds is 9. The van der Waals surface area contributed by atoms with E-state index in [1.165, 1.54) is 43.4 Å². The van der Waals surface area contributed by atoms with E-state index < -0.39 is 18.1 Å². The molecule has 0 fully saturated rings. The molecule has 1 aromatic carbocycles. The van der Waals surface area contributed by atoms with Crippen molar-refractivity contribution in [2.45, 2.75) is 34.1 Å². The number of aromatic nitrogens is 3. The van der Waals surface area contributed by atoms with Gasteiger partial charge in [-0.3, -0.25) is 4.98 Å². The molecule has 0 saturated carbocycles. The number of anilines is 1. The maximum atomic E-state index is 13.5. The molecule has 9 nitrogen and oxygen atoms in total. The molecule has 0 bridgehead atoms. The van der Waals surface area contributed by atoms with Gasteiger partial charge in [0.05, 0.1) is 19.8 Å². The zero-order valence-electron chi connectivity index (χ0n) is 21.9. The Bertz CT molecular complexity index is 1400. The molecule has 0 aliphatic heterocycles. The number of carboxylic acid groups (broad SMARTS) is 1. The molecule has 0 saturated heterocycles. The van der Waals surface area contributed by atoms with Crippen molar-refractivity contribution < 1.29 is 28.2 Å². The Kier molecular flexibility index (Phi) is 8.95. The van der Waals surface area contributed by atoms with E-state index in [0.29, 0.717) is 39.9 Å². The molecule has 2 aromatic heterocycles. The number of alkyl halides is 2. The van der Waals surface area contributed by atoms with Crippen LogP contribution in [0.15, 0.2) is 59.4 Å². The van der Waals surface area contributed by atoms with Crippen LogP contribution in [0.4, 0.5) is 14.5 Å². The number of ether oxygens (including phenoxy) is 2. The van der Waals surface area contributed by atoms with Gasteiger partial charge in [-0.2, -0.15) is 5.10 Å². The minimum Gasteiger partial charge on any atom is -0.497 e. The monoisotopic (exact) mass is 525 g/mol. The first-order valence-electron chi connectivity index (χ1n) is 11.5. The summed E-state index contributed by atoms with van der Waals surface area (Å²) in [7, 11) is 3.07. The molecule has 3 aromatic rings. The Balaban J connectivity index is 2.28. The Morgan fingerprint density at radius 2 is 1.68 bits per heavy atom. The average molecular weight is 526 g/mol. The number of aryl methyl sites for hydroxylation is 1.